The van der Waals surface area contributed by atoms with Crippen LogP contribution in [0, 0.1) is 0 Å². The van der Waals surface area contributed by atoms with Crippen molar-refractivity contribution in [3.63, 3.8) is 0 Å². The zero-order valence-electron chi connectivity index (χ0n) is 12.1. The Morgan fingerprint density at radius 3 is 2.95 bits per heavy atom. The number of nitrogens with one attached hydrogen (secondary N) is 1. The molecule has 2 amide bonds. The van der Waals surface area contributed by atoms with Gasteiger partial charge in [0.1, 0.15) is 6.04 Å². The first kappa shape index (κ1) is 15.0. The highest BCUT2D eigenvalue weighted by Gasteiger charge is 2.31. The molecule has 2 atom stereocenters. The van der Waals surface area contributed by atoms with Gasteiger partial charge in [0.15, 0.2) is 0 Å². The summed E-state index contributed by atoms with van der Waals surface area (Å²) in [6, 6.07) is 3.91. The van der Waals surface area contributed by atoms with E-state index in [0.717, 1.165) is 12.8 Å². The smallest absolute Gasteiger partial charge is 0.245 e. The fraction of sp³-hybridized carbons (Fsp3) is 0.600. The summed E-state index contributed by atoms with van der Waals surface area (Å²) >= 11 is 1.71. The van der Waals surface area contributed by atoms with Crippen molar-refractivity contribution in [1.82, 2.24) is 10.2 Å². The molecule has 0 bridgehead atoms. The van der Waals surface area contributed by atoms with Crippen LogP contribution in [0.2, 0.25) is 0 Å². The predicted molar refractivity (Wildman–Crippen MR) is 80.7 cm³/mol. The third-order valence-electron chi connectivity index (χ3n) is 3.68. The van der Waals surface area contributed by atoms with Gasteiger partial charge in [0, 0.05) is 30.3 Å². The molecule has 1 aliphatic rings. The Kier molecular flexibility index (Phi) is 5.17. The molecule has 1 aromatic rings. The van der Waals surface area contributed by atoms with E-state index in [1.165, 1.54) is 4.88 Å². The lowest BCUT2D eigenvalue weighted by Crippen LogP contribution is -2.48. The lowest BCUT2D eigenvalue weighted by molar-refractivity contribution is -0.135. The monoisotopic (exact) mass is 294 g/mol. The minimum Gasteiger partial charge on any atom is -0.344 e. The summed E-state index contributed by atoms with van der Waals surface area (Å²) in [6.07, 6.45) is 2.87. The van der Waals surface area contributed by atoms with Crippen molar-refractivity contribution in [2.75, 3.05) is 6.54 Å². The second-order valence-corrected chi connectivity index (χ2v) is 6.36. The second-order valence-electron chi connectivity index (χ2n) is 5.32. The van der Waals surface area contributed by atoms with E-state index in [-0.39, 0.29) is 23.9 Å². The molecule has 0 aromatic carbocycles. The zero-order valence-corrected chi connectivity index (χ0v) is 12.9. The molecule has 5 heteroatoms. The van der Waals surface area contributed by atoms with E-state index in [0.29, 0.717) is 19.4 Å². The maximum Gasteiger partial charge on any atom is 0.245 e. The summed E-state index contributed by atoms with van der Waals surface area (Å²) in [7, 11) is 0. The van der Waals surface area contributed by atoms with Gasteiger partial charge in [0.2, 0.25) is 11.8 Å². The Balaban J connectivity index is 2.07. The van der Waals surface area contributed by atoms with Gasteiger partial charge < -0.3 is 10.2 Å². The Morgan fingerprint density at radius 2 is 2.30 bits per heavy atom. The molecule has 1 aliphatic heterocycles. The highest BCUT2D eigenvalue weighted by molar-refractivity contribution is 7.09. The van der Waals surface area contributed by atoms with E-state index in [9.17, 15) is 9.59 Å². The number of rotatable bonds is 5. The number of thiophene rings is 1. The molecule has 0 saturated carbocycles. The van der Waals surface area contributed by atoms with Crippen molar-refractivity contribution in [2.45, 2.75) is 51.6 Å². The first-order valence-corrected chi connectivity index (χ1v) is 8.12. The fourth-order valence-corrected chi connectivity index (χ4v) is 3.44. The van der Waals surface area contributed by atoms with Gasteiger partial charge in [-0.15, -0.1) is 11.3 Å². The number of carbonyl (C=O) groups is 2. The van der Waals surface area contributed by atoms with Crippen molar-refractivity contribution in [2.24, 2.45) is 0 Å². The van der Waals surface area contributed by atoms with E-state index in [2.05, 4.69) is 23.7 Å². The molecular weight excluding hydrogens is 272 g/mol. The third-order valence-corrected chi connectivity index (χ3v) is 4.58. The zero-order chi connectivity index (χ0) is 14.5. The summed E-state index contributed by atoms with van der Waals surface area (Å²) in [5.74, 6) is 0.0596. The van der Waals surface area contributed by atoms with Crippen LogP contribution in [0.4, 0.5) is 0 Å². The lowest BCUT2D eigenvalue weighted by Gasteiger charge is -2.29. The van der Waals surface area contributed by atoms with E-state index in [1.807, 2.05) is 17.9 Å². The minimum absolute atomic E-state index is 0.0115. The standard InChI is InChI=1S/C15H22N2O2S/c1-3-5-13-15(19)17(8-7-14(18)16-13)11(2)10-12-6-4-9-20-12/h4,6,9,11,13H,3,5,7-8,10H2,1-2H3,(H,16,18). The molecule has 4 nitrogen and oxygen atoms in total. The van der Waals surface area contributed by atoms with Crippen molar-refractivity contribution in [3.05, 3.63) is 22.4 Å². The van der Waals surface area contributed by atoms with Gasteiger partial charge in [-0.25, -0.2) is 0 Å². The Bertz CT molecular complexity index is 458. The van der Waals surface area contributed by atoms with Crippen molar-refractivity contribution in [3.8, 4) is 0 Å². The first-order valence-electron chi connectivity index (χ1n) is 7.24. The van der Waals surface area contributed by atoms with E-state index in [4.69, 9.17) is 0 Å². The normalized spacial score (nSPS) is 21.5. The molecular formula is C15H22N2O2S. The van der Waals surface area contributed by atoms with Crippen LogP contribution in [0.3, 0.4) is 0 Å². The average molecular weight is 294 g/mol. The van der Waals surface area contributed by atoms with E-state index < -0.39 is 0 Å². The Morgan fingerprint density at radius 1 is 1.50 bits per heavy atom. The molecule has 2 heterocycles. The SMILES string of the molecule is CCCC1NC(=O)CCN(C(C)Cc2cccs2)C1=O. The highest BCUT2D eigenvalue weighted by Crippen LogP contribution is 2.17. The summed E-state index contributed by atoms with van der Waals surface area (Å²) in [6.45, 7) is 4.62. The van der Waals surface area contributed by atoms with Gasteiger partial charge in [-0.1, -0.05) is 19.4 Å². The maximum absolute atomic E-state index is 12.6. The first-order chi connectivity index (χ1) is 9.61. The molecule has 2 unspecified atom stereocenters. The highest BCUT2D eigenvalue weighted by atomic mass is 32.1. The van der Waals surface area contributed by atoms with E-state index >= 15 is 0 Å². The van der Waals surface area contributed by atoms with Crippen molar-refractivity contribution >= 4 is 23.2 Å². The summed E-state index contributed by atoms with van der Waals surface area (Å²) < 4.78 is 0. The Labute approximate surface area is 124 Å². The molecule has 1 N–H and O–H groups in total. The molecule has 1 saturated heterocycles. The summed E-state index contributed by atoms with van der Waals surface area (Å²) in [4.78, 5) is 27.4. The molecule has 1 fully saturated rings. The van der Waals surface area contributed by atoms with Crippen LogP contribution in [0.5, 0.6) is 0 Å². The van der Waals surface area contributed by atoms with Gasteiger partial charge in [0.05, 0.1) is 0 Å². The van der Waals surface area contributed by atoms with Gasteiger partial charge in [0.25, 0.3) is 0 Å². The van der Waals surface area contributed by atoms with Gasteiger partial charge in [-0.3, -0.25) is 9.59 Å². The average Bonchev–Trinajstić information content (AvgIpc) is 2.86. The van der Waals surface area contributed by atoms with Crippen LogP contribution < -0.4 is 5.32 Å². The number of hydrogen-bond donors (Lipinski definition) is 1. The van der Waals surface area contributed by atoms with Gasteiger partial charge in [-0.05, 0) is 24.8 Å². The van der Waals surface area contributed by atoms with Crippen molar-refractivity contribution in [1.29, 1.82) is 0 Å². The third kappa shape index (κ3) is 3.60. The second kappa shape index (κ2) is 6.88. The van der Waals surface area contributed by atoms with Crippen LogP contribution >= 0.6 is 11.3 Å². The quantitative estimate of drug-likeness (QED) is 0.905. The van der Waals surface area contributed by atoms with Crippen LogP contribution in [-0.2, 0) is 16.0 Å². The van der Waals surface area contributed by atoms with Gasteiger partial charge in [-0.2, -0.15) is 0 Å². The molecule has 1 aromatic heterocycles. The molecule has 20 heavy (non-hydrogen) atoms. The minimum atomic E-state index is -0.346. The van der Waals surface area contributed by atoms with Crippen LogP contribution in [0.15, 0.2) is 17.5 Å². The van der Waals surface area contributed by atoms with E-state index in [1.54, 1.807) is 11.3 Å². The van der Waals surface area contributed by atoms with Crippen LogP contribution in [-0.4, -0.2) is 35.3 Å². The molecule has 0 radical (unpaired) electrons. The molecule has 2 rings (SSSR count). The molecule has 0 spiro atoms. The van der Waals surface area contributed by atoms with Crippen LogP contribution in [0.25, 0.3) is 0 Å². The summed E-state index contributed by atoms with van der Waals surface area (Å²) in [5, 5.41) is 4.90. The number of amides is 2. The lowest BCUT2D eigenvalue weighted by atomic mass is 10.1. The number of hydrogen-bond acceptors (Lipinski definition) is 3. The maximum atomic E-state index is 12.6. The topological polar surface area (TPSA) is 49.4 Å². The van der Waals surface area contributed by atoms with Gasteiger partial charge >= 0.3 is 0 Å². The molecule has 110 valence electrons. The fourth-order valence-electron chi connectivity index (χ4n) is 2.61. The van der Waals surface area contributed by atoms with Crippen molar-refractivity contribution < 1.29 is 9.59 Å². The van der Waals surface area contributed by atoms with Crippen LogP contribution in [0.1, 0.15) is 38.0 Å². The Hall–Kier alpha value is -1.36. The molecule has 0 aliphatic carbocycles. The summed E-state index contributed by atoms with van der Waals surface area (Å²) in [5.41, 5.74) is 0. The number of carbonyl (C=O) groups excluding carboxylic acids is 2. The predicted octanol–water partition coefficient (Wildman–Crippen LogP) is 2.20. The number of nitrogens with zero attached hydrogens (tertiary/aromatic N) is 1. The largest absolute Gasteiger partial charge is 0.344 e.